The monoisotopic (exact) mass is 716 g/mol. The Kier molecular flexibility index (Phi) is 5.89. The number of allylic oxidation sites excluding steroid dienone is 3. The van der Waals surface area contributed by atoms with Crippen LogP contribution >= 0.6 is 0 Å². The lowest BCUT2D eigenvalue weighted by Crippen LogP contribution is -2.59. The lowest BCUT2D eigenvalue weighted by Gasteiger charge is -2.62. The van der Waals surface area contributed by atoms with Gasteiger partial charge in [-0.25, -0.2) is 0 Å². The van der Waals surface area contributed by atoms with E-state index in [0.29, 0.717) is 17.8 Å². The molecule has 9 aromatic rings. The Hall–Kier alpha value is -6.38. The minimum atomic E-state index is 0.0207. The highest BCUT2D eigenvalue weighted by molar-refractivity contribution is 6.10. The lowest BCUT2D eigenvalue weighted by atomic mass is 9.40. The summed E-state index contributed by atoms with van der Waals surface area (Å²) in [4.78, 5) is 0. The van der Waals surface area contributed by atoms with Crippen LogP contribution in [0, 0.1) is 17.8 Å². The van der Waals surface area contributed by atoms with Crippen LogP contribution in [0.15, 0.2) is 170 Å². The van der Waals surface area contributed by atoms with E-state index in [2.05, 4.69) is 199 Å². The molecule has 0 aliphatic heterocycles. The van der Waals surface area contributed by atoms with Gasteiger partial charge < -0.3 is 9.13 Å². The van der Waals surface area contributed by atoms with E-state index in [1.165, 1.54) is 83.7 Å². The minimum absolute atomic E-state index is 0.0207. The van der Waals surface area contributed by atoms with Crippen molar-refractivity contribution in [2.24, 2.45) is 17.8 Å². The molecule has 5 aliphatic rings. The topological polar surface area (TPSA) is 9.86 Å². The number of fused-ring (bicyclic) bond motifs is 6. The summed E-state index contributed by atoms with van der Waals surface area (Å²) in [7, 11) is 0. The van der Waals surface area contributed by atoms with E-state index in [4.69, 9.17) is 0 Å². The van der Waals surface area contributed by atoms with Crippen molar-refractivity contribution in [3.8, 4) is 22.5 Å². The molecule has 1 saturated carbocycles. The predicted octanol–water partition coefficient (Wildman–Crippen LogP) is 13.5. The number of aromatic nitrogens is 2. The van der Waals surface area contributed by atoms with Gasteiger partial charge in [-0.05, 0) is 123 Å². The smallest absolute Gasteiger partial charge is 0.0541 e. The third-order valence-corrected chi connectivity index (χ3v) is 14.6. The molecule has 0 radical (unpaired) electrons. The highest BCUT2D eigenvalue weighted by Crippen LogP contribution is 2.74. The molecule has 14 rings (SSSR count). The number of para-hydroxylation sites is 4. The van der Waals surface area contributed by atoms with E-state index in [0.717, 1.165) is 0 Å². The fraction of sp³-hybridized carbons (Fsp3) is 0.148. The first kappa shape index (κ1) is 30.9. The lowest BCUT2D eigenvalue weighted by molar-refractivity contribution is 0.0388. The zero-order chi connectivity index (χ0) is 36.9. The van der Waals surface area contributed by atoms with Crippen LogP contribution in [0.2, 0.25) is 0 Å². The molecule has 0 saturated heterocycles. The van der Waals surface area contributed by atoms with Crippen LogP contribution in [-0.2, 0) is 10.8 Å². The van der Waals surface area contributed by atoms with Gasteiger partial charge in [0.1, 0.15) is 0 Å². The molecule has 2 aromatic heterocycles. The third-order valence-electron chi connectivity index (χ3n) is 14.6. The molecule has 1 fully saturated rings. The van der Waals surface area contributed by atoms with Gasteiger partial charge in [0, 0.05) is 38.3 Å². The predicted molar refractivity (Wildman–Crippen MR) is 234 cm³/mol. The van der Waals surface area contributed by atoms with Crippen molar-refractivity contribution in [1.29, 1.82) is 0 Å². The molecule has 0 amide bonds. The van der Waals surface area contributed by atoms with Crippen LogP contribution < -0.4 is 0 Å². The first-order valence-electron chi connectivity index (χ1n) is 20.3. The van der Waals surface area contributed by atoms with Crippen molar-refractivity contribution in [1.82, 2.24) is 9.13 Å². The maximum absolute atomic E-state index is 2.71. The molecule has 56 heavy (non-hydrogen) atoms. The molecule has 0 N–H and O–H groups in total. The largest absolute Gasteiger partial charge is 0.309 e. The van der Waals surface area contributed by atoms with Crippen molar-refractivity contribution in [3.05, 3.63) is 192 Å². The molecule has 5 aliphatic carbocycles. The van der Waals surface area contributed by atoms with Gasteiger partial charge in [0.15, 0.2) is 0 Å². The van der Waals surface area contributed by atoms with E-state index in [1.807, 2.05) is 0 Å². The summed E-state index contributed by atoms with van der Waals surface area (Å²) in [5.41, 5.74) is 17.8. The summed E-state index contributed by atoms with van der Waals surface area (Å²) in [6, 6.07) is 58.9. The van der Waals surface area contributed by atoms with E-state index < -0.39 is 0 Å². The second-order valence-corrected chi connectivity index (χ2v) is 17.4. The molecule has 266 valence electrons. The molecule has 7 aromatic carbocycles. The Morgan fingerprint density at radius 3 is 1.52 bits per heavy atom. The van der Waals surface area contributed by atoms with Crippen LogP contribution in [0.5, 0.6) is 0 Å². The molecule has 2 bridgehead atoms. The first-order chi connectivity index (χ1) is 27.5. The van der Waals surface area contributed by atoms with Crippen LogP contribution in [0.4, 0.5) is 0 Å². The van der Waals surface area contributed by atoms with Crippen LogP contribution in [0.25, 0.3) is 77.8 Å². The summed E-state index contributed by atoms with van der Waals surface area (Å²) in [5, 5.41) is 5.20. The third kappa shape index (κ3) is 3.77. The molecule has 2 heterocycles. The molecule has 2 nitrogen and oxygen atoms in total. The number of hydrogen-bond donors (Lipinski definition) is 0. The van der Waals surface area contributed by atoms with Crippen molar-refractivity contribution in [3.63, 3.8) is 0 Å². The van der Waals surface area contributed by atoms with Gasteiger partial charge in [-0.3, -0.25) is 0 Å². The van der Waals surface area contributed by atoms with E-state index in [-0.39, 0.29) is 10.8 Å². The highest BCUT2D eigenvalue weighted by atomic mass is 15.0. The summed E-state index contributed by atoms with van der Waals surface area (Å²) in [5.74, 6) is 1.57. The quantitative estimate of drug-likeness (QED) is 0.172. The van der Waals surface area contributed by atoms with E-state index >= 15 is 0 Å². The normalized spacial score (nSPS) is 22.5. The second-order valence-electron chi connectivity index (χ2n) is 17.4. The number of benzene rings is 7. The Morgan fingerprint density at radius 2 is 1.00 bits per heavy atom. The summed E-state index contributed by atoms with van der Waals surface area (Å²) in [6.45, 7) is 5.04. The molecule has 2 heteroatoms. The number of hydrogen-bond acceptors (Lipinski definition) is 0. The van der Waals surface area contributed by atoms with Crippen molar-refractivity contribution < 1.29 is 0 Å². The zero-order valence-corrected chi connectivity index (χ0v) is 31.6. The molecular formula is C54H40N2. The van der Waals surface area contributed by atoms with Crippen LogP contribution in [0.3, 0.4) is 0 Å². The van der Waals surface area contributed by atoms with E-state index in [9.17, 15) is 0 Å². The fourth-order valence-electron chi connectivity index (χ4n) is 12.2. The number of rotatable bonds is 4. The van der Waals surface area contributed by atoms with E-state index in [1.54, 1.807) is 16.7 Å². The Morgan fingerprint density at radius 1 is 0.518 bits per heavy atom. The van der Waals surface area contributed by atoms with Gasteiger partial charge >= 0.3 is 0 Å². The van der Waals surface area contributed by atoms with Gasteiger partial charge in [-0.15, -0.1) is 0 Å². The molecule has 1 spiro atoms. The fourth-order valence-corrected chi connectivity index (χ4v) is 12.2. The second kappa shape index (κ2) is 10.7. The SMILES string of the molecule is CC1(C)c2cc(-c3ccc(-n4c5ccccc5c5ccccc54)cc3)cc3c2C24CC(C(c5ccc(-n6c7ccccc7c7ccccc76)cc5)=CC12)C4C=C3. The highest BCUT2D eigenvalue weighted by Gasteiger charge is 2.69. The Balaban J connectivity index is 0.876. The Bertz CT molecular complexity index is 3090. The molecule has 4 atom stereocenters. The molecule has 4 unspecified atom stereocenters. The molecular weight excluding hydrogens is 677 g/mol. The van der Waals surface area contributed by atoms with Crippen molar-refractivity contribution in [2.75, 3.05) is 0 Å². The maximum Gasteiger partial charge on any atom is 0.0541 e. The van der Waals surface area contributed by atoms with Gasteiger partial charge in [0.25, 0.3) is 0 Å². The summed E-state index contributed by atoms with van der Waals surface area (Å²) < 4.78 is 4.83. The van der Waals surface area contributed by atoms with Gasteiger partial charge in [0.05, 0.1) is 22.1 Å². The maximum atomic E-state index is 2.71. The average molecular weight is 717 g/mol. The van der Waals surface area contributed by atoms with Gasteiger partial charge in [0.2, 0.25) is 0 Å². The van der Waals surface area contributed by atoms with Crippen LogP contribution in [0.1, 0.15) is 42.5 Å². The van der Waals surface area contributed by atoms with Gasteiger partial charge in [-0.2, -0.15) is 0 Å². The first-order valence-corrected chi connectivity index (χ1v) is 20.3. The van der Waals surface area contributed by atoms with Crippen LogP contribution in [-0.4, -0.2) is 9.13 Å². The van der Waals surface area contributed by atoms with Gasteiger partial charge in [-0.1, -0.05) is 135 Å². The van der Waals surface area contributed by atoms with Crippen molar-refractivity contribution in [2.45, 2.75) is 31.1 Å². The van der Waals surface area contributed by atoms with Crippen molar-refractivity contribution >= 4 is 55.3 Å². The minimum Gasteiger partial charge on any atom is -0.309 e. The zero-order valence-electron chi connectivity index (χ0n) is 31.6. The Labute approximate surface area is 326 Å². The summed E-state index contributed by atoms with van der Waals surface area (Å²) >= 11 is 0. The average Bonchev–Trinajstić information content (AvgIpc) is 3.83. The summed E-state index contributed by atoms with van der Waals surface area (Å²) in [6.07, 6.45) is 9.01. The standard InChI is InChI=1S/C54H40N2/c1-53(2)46-30-36(33-19-24-37(25-20-33)55-47-15-7-3-11-39(47)40-12-4-8-16-48(40)55)29-35-23-28-45-44-32-54(45,52(35)46)51(53)31-43(44)34-21-26-38(27-22-34)56-49-17-9-5-13-41(49)42-14-6-10-18-50(42)56/h3-31,44-45,51H,32H2,1-2H3. The number of nitrogens with zero attached hydrogens (tertiary/aromatic N) is 2.